The van der Waals surface area contributed by atoms with E-state index in [4.69, 9.17) is 4.74 Å². The second-order valence-electron chi connectivity index (χ2n) is 5.40. The Balaban J connectivity index is 1.92. The minimum Gasteiger partial charge on any atom is -0.496 e. The Bertz CT molecular complexity index is 644. The second-order valence-corrected chi connectivity index (χ2v) is 7.23. The zero-order valence-electron chi connectivity index (χ0n) is 13.5. The van der Waals surface area contributed by atoms with Crippen LogP contribution in [0.5, 0.6) is 5.75 Å². The van der Waals surface area contributed by atoms with Gasteiger partial charge in [0.15, 0.2) is 5.78 Å². The smallest absolute Gasteiger partial charge is 0.176 e. The van der Waals surface area contributed by atoms with Gasteiger partial charge >= 0.3 is 0 Å². The number of halogens is 1. The number of rotatable bonds is 8. The fraction of sp³-hybridized carbons (Fsp3) is 0.353. The second kappa shape index (κ2) is 8.59. The van der Waals surface area contributed by atoms with Crippen LogP contribution in [-0.2, 0) is 0 Å². The summed E-state index contributed by atoms with van der Waals surface area (Å²) in [7, 11) is 5.71. The Morgan fingerprint density at radius 3 is 2.74 bits per heavy atom. The van der Waals surface area contributed by atoms with Gasteiger partial charge in [0.1, 0.15) is 5.75 Å². The predicted molar refractivity (Wildman–Crippen MR) is 98.6 cm³/mol. The number of nitrogens with zero attached hydrogens (tertiary/aromatic N) is 1. The molecule has 1 atom stereocenters. The van der Waals surface area contributed by atoms with Crippen molar-refractivity contribution in [3.63, 3.8) is 0 Å². The van der Waals surface area contributed by atoms with Crippen molar-refractivity contribution in [2.75, 3.05) is 34.3 Å². The van der Waals surface area contributed by atoms with E-state index in [1.165, 1.54) is 4.88 Å². The summed E-state index contributed by atoms with van der Waals surface area (Å²) in [6.07, 6.45) is 0. The van der Waals surface area contributed by atoms with E-state index in [1.54, 1.807) is 36.6 Å². The highest BCUT2D eigenvalue weighted by Crippen LogP contribution is 2.26. The van der Waals surface area contributed by atoms with E-state index in [2.05, 4.69) is 57.8 Å². The summed E-state index contributed by atoms with van der Waals surface area (Å²) in [5, 5.41) is 5.35. The van der Waals surface area contributed by atoms with E-state index in [9.17, 15) is 4.79 Å². The Morgan fingerprint density at radius 1 is 1.39 bits per heavy atom. The molecule has 4 nitrogen and oxygen atoms in total. The number of hydrogen-bond donors (Lipinski definition) is 1. The first-order valence-corrected chi connectivity index (χ1v) is 8.97. The van der Waals surface area contributed by atoms with Crippen molar-refractivity contribution in [2.45, 2.75) is 6.04 Å². The molecule has 0 amide bonds. The van der Waals surface area contributed by atoms with Gasteiger partial charge in [0.05, 0.1) is 24.2 Å². The zero-order valence-corrected chi connectivity index (χ0v) is 15.9. The molecular weight excluding hydrogens is 376 g/mol. The number of Topliss-reactive ketones (excluding diaryl/α,β-unsaturated/α-hetero) is 1. The highest BCUT2D eigenvalue weighted by atomic mass is 79.9. The molecule has 1 heterocycles. The molecule has 0 aliphatic rings. The Morgan fingerprint density at radius 2 is 2.17 bits per heavy atom. The number of methoxy groups -OCH3 is 1. The summed E-state index contributed by atoms with van der Waals surface area (Å²) >= 11 is 5.14. The van der Waals surface area contributed by atoms with Crippen LogP contribution in [0.15, 0.2) is 40.2 Å². The number of ketones is 1. The molecule has 1 aromatic heterocycles. The number of likely N-dealkylation sites (N-methyl/N-ethyl adjacent to an activating group) is 1. The summed E-state index contributed by atoms with van der Waals surface area (Å²) in [5.41, 5.74) is 0.669. The molecule has 0 aliphatic heterocycles. The van der Waals surface area contributed by atoms with E-state index in [-0.39, 0.29) is 11.8 Å². The quantitative estimate of drug-likeness (QED) is 0.692. The van der Waals surface area contributed by atoms with Gasteiger partial charge in [-0.05, 0) is 59.7 Å². The molecule has 0 saturated heterocycles. The van der Waals surface area contributed by atoms with E-state index in [0.717, 1.165) is 16.8 Å². The van der Waals surface area contributed by atoms with E-state index < -0.39 is 0 Å². The maximum atomic E-state index is 12.3. The first-order valence-electron chi connectivity index (χ1n) is 7.30. The molecule has 0 fully saturated rings. The number of benzene rings is 1. The van der Waals surface area contributed by atoms with E-state index in [1.807, 2.05) is 0 Å². The van der Waals surface area contributed by atoms with Crippen LogP contribution in [0.4, 0.5) is 0 Å². The molecule has 1 N–H and O–H groups in total. The lowest BCUT2D eigenvalue weighted by molar-refractivity contribution is 0.0988. The number of hydrogen-bond acceptors (Lipinski definition) is 5. The van der Waals surface area contributed by atoms with Crippen LogP contribution in [0.2, 0.25) is 0 Å². The average Bonchev–Trinajstić information content (AvgIpc) is 3.04. The molecule has 2 aromatic rings. The van der Waals surface area contributed by atoms with Crippen LogP contribution in [-0.4, -0.2) is 45.0 Å². The Labute approximate surface area is 149 Å². The largest absolute Gasteiger partial charge is 0.496 e. The highest BCUT2D eigenvalue weighted by Gasteiger charge is 2.16. The molecule has 0 saturated carbocycles. The molecule has 2 rings (SSSR count). The minimum absolute atomic E-state index is 0.0667. The standard InChI is InChI=1S/C17H21BrN2O2S/c1-20(2)14(17-5-4-8-23-17)10-19-11-15(21)12-6-7-16(22-3)13(18)9-12/h4-9,14,19H,10-11H2,1-3H3. The molecule has 124 valence electrons. The van der Waals surface area contributed by atoms with Gasteiger partial charge < -0.3 is 15.0 Å². The van der Waals surface area contributed by atoms with E-state index >= 15 is 0 Å². The van der Waals surface area contributed by atoms with Crippen molar-refractivity contribution in [3.05, 3.63) is 50.6 Å². The molecule has 0 aliphatic carbocycles. The molecule has 0 bridgehead atoms. The minimum atomic E-state index is 0.0667. The summed E-state index contributed by atoms with van der Waals surface area (Å²) in [6.45, 7) is 1.05. The topological polar surface area (TPSA) is 41.6 Å². The molecule has 23 heavy (non-hydrogen) atoms. The van der Waals surface area contributed by atoms with Crippen molar-refractivity contribution in [1.29, 1.82) is 0 Å². The summed E-state index contributed by atoms with van der Waals surface area (Å²) < 4.78 is 5.97. The Hall–Kier alpha value is -1.21. The fourth-order valence-electron chi connectivity index (χ4n) is 2.28. The molecule has 0 spiro atoms. The fourth-order valence-corrected chi connectivity index (χ4v) is 3.75. The van der Waals surface area contributed by atoms with Crippen LogP contribution in [0, 0.1) is 0 Å². The van der Waals surface area contributed by atoms with Crippen LogP contribution >= 0.6 is 27.3 Å². The third-order valence-corrected chi connectivity index (χ3v) is 5.19. The number of ether oxygens (including phenoxy) is 1. The van der Waals surface area contributed by atoms with Gasteiger partial charge in [-0.2, -0.15) is 0 Å². The highest BCUT2D eigenvalue weighted by molar-refractivity contribution is 9.10. The third-order valence-electron chi connectivity index (χ3n) is 3.59. The molecule has 1 unspecified atom stereocenters. The van der Waals surface area contributed by atoms with Crippen molar-refractivity contribution in [3.8, 4) is 5.75 Å². The molecule has 1 aromatic carbocycles. The van der Waals surface area contributed by atoms with Gasteiger partial charge in [-0.3, -0.25) is 4.79 Å². The van der Waals surface area contributed by atoms with Gasteiger partial charge in [-0.15, -0.1) is 11.3 Å². The summed E-state index contributed by atoms with van der Waals surface area (Å²) in [4.78, 5) is 15.8. The number of carbonyl (C=O) groups excluding carboxylic acids is 1. The first-order chi connectivity index (χ1) is 11.0. The lowest BCUT2D eigenvalue weighted by Gasteiger charge is -2.23. The van der Waals surface area contributed by atoms with Crippen molar-refractivity contribution in [1.82, 2.24) is 10.2 Å². The van der Waals surface area contributed by atoms with Gasteiger partial charge in [-0.25, -0.2) is 0 Å². The van der Waals surface area contributed by atoms with Gasteiger partial charge in [0.25, 0.3) is 0 Å². The maximum absolute atomic E-state index is 12.3. The number of thiophene rings is 1. The van der Waals surface area contributed by atoms with Crippen LogP contribution in [0.3, 0.4) is 0 Å². The molecule has 0 radical (unpaired) electrons. The monoisotopic (exact) mass is 396 g/mol. The lowest BCUT2D eigenvalue weighted by Crippen LogP contribution is -2.33. The van der Waals surface area contributed by atoms with Crippen molar-refractivity contribution in [2.24, 2.45) is 0 Å². The first kappa shape index (κ1) is 18.1. The normalized spacial score (nSPS) is 12.4. The lowest BCUT2D eigenvalue weighted by atomic mass is 10.1. The van der Waals surface area contributed by atoms with E-state index in [0.29, 0.717) is 12.1 Å². The van der Waals surface area contributed by atoms with Gasteiger partial charge in [0.2, 0.25) is 0 Å². The summed E-state index contributed by atoms with van der Waals surface area (Å²) in [6, 6.07) is 9.83. The molecule has 6 heteroatoms. The van der Waals surface area contributed by atoms with Gasteiger partial charge in [-0.1, -0.05) is 6.07 Å². The van der Waals surface area contributed by atoms with Gasteiger partial charge in [0, 0.05) is 17.0 Å². The Kier molecular flexibility index (Phi) is 6.77. The maximum Gasteiger partial charge on any atom is 0.176 e. The van der Waals surface area contributed by atoms with Crippen molar-refractivity contribution < 1.29 is 9.53 Å². The third kappa shape index (κ3) is 4.88. The van der Waals surface area contributed by atoms with Crippen LogP contribution < -0.4 is 10.1 Å². The molecular formula is C17H21BrN2O2S. The number of carbonyl (C=O) groups is 1. The van der Waals surface area contributed by atoms with Crippen LogP contribution in [0.25, 0.3) is 0 Å². The SMILES string of the molecule is COc1ccc(C(=O)CNCC(c2cccs2)N(C)C)cc1Br. The van der Waals surface area contributed by atoms with Crippen LogP contribution in [0.1, 0.15) is 21.3 Å². The summed E-state index contributed by atoms with van der Waals surface area (Å²) in [5.74, 6) is 0.789. The average molecular weight is 397 g/mol. The zero-order chi connectivity index (χ0) is 16.8. The predicted octanol–water partition coefficient (Wildman–Crippen LogP) is 3.59. The van der Waals surface area contributed by atoms with Crippen molar-refractivity contribution >= 4 is 33.0 Å². The number of nitrogens with one attached hydrogen (secondary N) is 1.